The fourth-order valence-electron chi connectivity index (χ4n) is 2.34. The second-order valence-electron chi connectivity index (χ2n) is 4.35. The van der Waals surface area contributed by atoms with Crippen molar-refractivity contribution in [3.05, 3.63) is 0 Å². The summed E-state index contributed by atoms with van der Waals surface area (Å²) in [7, 11) is 0. The van der Waals surface area contributed by atoms with Crippen molar-refractivity contribution in [3.63, 3.8) is 0 Å². The molecule has 0 spiro atoms. The molecular formula is C10H19NO2. The van der Waals surface area contributed by atoms with Crippen molar-refractivity contribution in [2.45, 2.75) is 31.8 Å². The molecule has 3 nitrogen and oxygen atoms in total. The average Bonchev–Trinajstić information content (AvgIpc) is 2.77. The Labute approximate surface area is 79.6 Å². The van der Waals surface area contributed by atoms with Crippen LogP contribution in [0.25, 0.3) is 0 Å². The molecule has 13 heavy (non-hydrogen) atoms. The largest absolute Gasteiger partial charge is 0.381 e. The minimum atomic E-state index is 0.231. The fourth-order valence-corrected chi connectivity index (χ4v) is 2.34. The van der Waals surface area contributed by atoms with E-state index in [4.69, 9.17) is 15.2 Å². The molecule has 2 saturated heterocycles. The standard InChI is InChI=1S/C10H19NO2/c11-7-10(3-5-12-8-10)6-9-2-1-4-13-9/h9H,1-8,11H2. The molecule has 2 aliphatic rings. The first-order chi connectivity index (χ1) is 6.35. The van der Waals surface area contributed by atoms with Crippen molar-refractivity contribution >= 4 is 0 Å². The molecule has 0 aliphatic carbocycles. The Morgan fingerprint density at radius 2 is 2.31 bits per heavy atom. The lowest BCUT2D eigenvalue weighted by Crippen LogP contribution is -2.34. The fraction of sp³-hybridized carbons (Fsp3) is 1.00. The summed E-state index contributed by atoms with van der Waals surface area (Å²) in [5.74, 6) is 0. The van der Waals surface area contributed by atoms with E-state index >= 15 is 0 Å². The van der Waals surface area contributed by atoms with Gasteiger partial charge in [-0.2, -0.15) is 0 Å². The Balaban J connectivity index is 1.88. The Kier molecular flexibility index (Phi) is 2.86. The van der Waals surface area contributed by atoms with E-state index in [1.807, 2.05) is 0 Å². The highest BCUT2D eigenvalue weighted by Gasteiger charge is 2.36. The molecule has 2 heterocycles. The van der Waals surface area contributed by atoms with E-state index < -0.39 is 0 Å². The molecule has 3 heteroatoms. The molecule has 2 N–H and O–H groups in total. The summed E-state index contributed by atoms with van der Waals surface area (Å²) in [6, 6.07) is 0. The van der Waals surface area contributed by atoms with E-state index in [2.05, 4.69) is 0 Å². The van der Waals surface area contributed by atoms with Gasteiger partial charge in [-0.25, -0.2) is 0 Å². The average molecular weight is 185 g/mol. The van der Waals surface area contributed by atoms with Crippen LogP contribution in [0.15, 0.2) is 0 Å². The van der Waals surface area contributed by atoms with Gasteiger partial charge >= 0.3 is 0 Å². The molecule has 2 aliphatic heterocycles. The summed E-state index contributed by atoms with van der Waals surface area (Å²) in [6.45, 7) is 3.40. The second-order valence-corrected chi connectivity index (χ2v) is 4.35. The molecule has 0 amide bonds. The Bertz CT molecular complexity index is 160. The van der Waals surface area contributed by atoms with Crippen LogP contribution in [0, 0.1) is 5.41 Å². The molecular weight excluding hydrogens is 166 g/mol. The first-order valence-electron chi connectivity index (χ1n) is 5.24. The zero-order valence-electron chi connectivity index (χ0n) is 8.13. The van der Waals surface area contributed by atoms with Gasteiger partial charge in [0.05, 0.1) is 12.7 Å². The maximum absolute atomic E-state index is 5.81. The zero-order chi connectivity index (χ0) is 9.15. The minimum Gasteiger partial charge on any atom is -0.381 e. The molecule has 2 fully saturated rings. The zero-order valence-corrected chi connectivity index (χ0v) is 8.13. The highest BCUT2D eigenvalue weighted by molar-refractivity contribution is 4.87. The van der Waals surface area contributed by atoms with Gasteiger partial charge < -0.3 is 15.2 Å². The van der Waals surface area contributed by atoms with Crippen LogP contribution >= 0.6 is 0 Å². The molecule has 0 radical (unpaired) electrons. The molecule has 0 saturated carbocycles. The summed E-state index contributed by atoms with van der Waals surface area (Å²) in [5, 5.41) is 0. The van der Waals surface area contributed by atoms with E-state index in [0.717, 1.165) is 39.2 Å². The van der Waals surface area contributed by atoms with Crippen LogP contribution in [0.2, 0.25) is 0 Å². The quantitative estimate of drug-likeness (QED) is 0.711. The maximum atomic E-state index is 5.81. The SMILES string of the molecule is NCC1(CC2CCCO2)CCOC1. The van der Waals surface area contributed by atoms with Gasteiger partial charge in [0.1, 0.15) is 0 Å². The predicted octanol–water partition coefficient (Wildman–Crippen LogP) is 0.921. The van der Waals surface area contributed by atoms with Gasteiger partial charge in [-0.1, -0.05) is 0 Å². The molecule has 2 rings (SSSR count). The Hall–Kier alpha value is -0.120. The van der Waals surface area contributed by atoms with Gasteiger partial charge in [-0.15, -0.1) is 0 Å². The smallest absolute Gasteiger partial charge is 0.0582 e. The lowest BCUT2D eigenvalue weighted by molar-refractivity contribution is 0.0554. The van der Waals surface area contributed by atoms with Gasteiger partial charge in [-0.3, -0.25) is 0 Å². The third-order valence-corrected chi connectivity index (χ3v) is 3.30. The van der Waals surface area contributed by atoms with Crippen molar-refractivity contribution in [1.82, 2.24) is 0 Å². The monoisotopic (exact) mass is 185 g/mol. The van der Waals surface area contributed by atoms with E-state index in [-0.39, 0.29) is 5.41 Å². The van der Waals surface area contributed by atoms with E-state index in [1.54, 1.807) is 0 Å². The van der Waals surface area contributed by atoms with Crippen molar-refractivity contribution < 1.29 is 9.47 Å². The molecule has 76 valence electrons. The molecule has 0 bridgehead atoms. The highest BCUT2D eigenvalue weighted by atomic mass is 16.5. The van der Waals surface area contributed by atoms with Crippen LogP contribution in [0.1, 0.15) is 25.7 Å². The van der Waals surface area contributed by atoms with E-state index in [0.29, 0.717) is 6.10 Å². The van der Waals surface area contributed by atoms with Gasteiger partial charge in [0, 0.05) is 25.2 Å². The topological polar surface area (TPSA) is 44.5 Å². The third kappa shape index (κ3) is 2.03. The normalized spacial score (nSPS) is 39.9. The Morgan fingerprint density at radius 1 is 1.38 bits per heavy atom. The summed E-state index contributed by atoms with van der Waals surface area (Å²) >= 11 is 0. The van der Waals surface area contributed by atoms with Crippen molar-refractivity contribution in [1.29, 1.82) is 0 Å². The van der Waals surface area contributed by atoms with Crippen LogP contribution < -0.4 is 5.73 Å². The Morgan fingerprint density at radius 3 is 2.85 bits per heavy atom. The van der Waals surface area contributed by atoms with Gasteiger partial charge in [-0.05, 0) is 25.7 Å². The summed E-state index contributed by atoms with van der Waals surface area (Å²) < 4.78 is 11.1. The van der Waals surface area contributed by atoms with Crippen LogP contribution in [-0.2, 0) is 9.47 Å². The summed E-state index contributed by atoms with van der Waals surface area (Å²) in [4.78, 5) is 0. The van der Waals surface area contributed by atoms with Crippen LogP contribution in [0.3, 0.4) is 0 Å². The molecule has 2 unspecified atom stereocenters. The number of rotatable bonds is 3. The van der Waals surface area contributed by atoms with Crippen LogP contribution in [0.4, 0.5) is 0 Å². The predicted molar refractivity (Wildman–Crippen MR) is 50.5 cm³/mol. The molecule has 0 aromatic carbocycles. The number of ether oxygens (including phenoxy) is 2. The van der Waals surface area contributed by atoms with E-state index in [1.165, 1.54) is 12.8 Å². The van der Waals surface area contributed by atoms with Gasteiger partial charge in [0.25, 0.3) is 0 Å². The first-order valence-corrected chi connectivity index (χ1v) is 5.24. The number of hydrogen-bond acceptors (Lipinski definition) is 3. The molecule has 0 aromatic heterocycles. The summed E-state index contributed by atoms with van der Waals surface area (Å²) in [5.41, 5.74) is 6.04. The van der Waals surface area contributed by atoms with Crippen LogP contribution in [0.5, 0.6) is 0 Å². The van der Waals surface area contributed by atoms with Crippen molar-refractivity contribution in [2.75, 3.05) is 26.4 Å². The van der Waals surface area contributed by atoms with Gasteiger partial charge in [0.2, 0.25) is 0 Å². The number of nitrogens with two attached hydrogens (primary N) is 1. The van der Waals surface area contributed by atoms with Gasteiger partial charge in [0.15, 0.2) is 0 Å². The molecule has 0 aromatic rings. The van der Waals surface area contributed by atoms with E-state index in [9.17, 15) is 0 Å². The third-order valence-electron chi connectivity index (χ3n) is 3.30. The summed E-state index contributed by atoms with van der Waals surface area (Å²) in [6.07, 6.45) is 5.09. The highest BCUT2D eigenvalue weighted by Crippen LogP contribution is 2.35. The van der Waals surface area contributed by atoms with Crippen molar-refractivity contribution in [2.24, 2.45) is 11.1 Å². The maximum Gasteiger partial charge on any atom is 0.0582 e. The first kappa shape index (κ1) is 9.44. The lowest BCUT2D eigenvalue weighted by atomic mass is 9.81. The van der Waals surface area contributed by atoms with Crippen LogP contribution in [-0.4, -0.2) is 32.5 Å². The lowest BCUT2D eigenvalue weighted by Gasteiger charge is -2.28. The number of hydrogen-bond donors (Lipinski definition) is 1. The second kappa shape index (κ2) is 3.95. The van der Waals surface area contributed by atoms with Crippen molar-refractivity contribution in [3.8, 4) is 0 Å². The minimum absolute atomic E-state index is 0.231. The molecule has 2 atom stereocenters.